The fraction of sp³-hybridized carbons (Fsp3) is 0. The molecule has 0 aliphatic heterocycles. The third-order valence-electron chi connectivity index (χ3n) is 3.01. The second kappa shape index (κ2) is 5.00. The van der Waals surface area contributed by atoms with E-state index in [0.717, 1.165) is 0 Å². The van der Waals surface area contributed by atoms with E-state index in [4.69, 9.17) is 10.4 Å². The quantitative estimate of drug-likeness (QED) is 0.772. The summed E-state index contributed by atoms with van der Waals surface area (Å²) in [6.07, 6.45) is 0. The van der Waals surface area contributed by atoms with E-state index in [1.807, 2.05) is 6.07 Å². The van der Waals surface area contributed by atoms with Crippen LogP contribution in [0.3, 0.4) is 0 Å². The number of hydrogen-bond acceptors (Lipinski definition) is 4. The zero-order chi connectivity index (χ0) is 15.0. The zero-order valence-corrected chi connectivity index (χ0v) is 12.1. The van der Waals surface area contributed by atoms with Gasteiger partial charge in [-0.25, -0.2) is 9.48 Å². The minimum atomic E-state index is -1.05. The van der Waals surface area contributed by atoms with Gasteiger partial charge in [0.05, 0.1) is 28.4 Å². The number of halogens is 1. The molecule has 0 aliphatic carbocycles. The molecule has 3 rings (SSSR count). The van der Waals surface area contributed by atoms with Crippen LogP contribution in [0.1, 0.15) is 15.9 Å². The highest BCUT2D eigenvalue weighted by molar-refractivity contribution is 9.10. The van der Waals surface area contributed by atoms with Crippen molar-refractivity contribution in [3.8, 4) is 11.8 Å². The Balaban J connectivity index is 2.25. The van der Waals surface area contributed by atoms with Gasteiger partial charge in [0.15, 0.2) is 0 Å². The molecule has 0 atom stereocenters. The second-order valence-corrected chi connectivity index (χ2v) is 5.11. The van der Waals surface area contributed by atoms with Crippen molar-refractivity contribution in [3.05, 3.63) is 52.0 Å². The van der Waals surface area contributed by atoms with Gasteiger partial charge in [0, 0.05) is 4.47 Å². The Hall–Kier alpha value is -2.72. The normalized spacial score (nSPS) is 10.5. The molecule has 2 aromatic carbocycles. The summed E-state index contributed by atoms with van der Waals surface area (Å²) in [5.74, 6) is -1.05. The number of hydrogen-bond donors (Lipinski definition) is 1. The fourth-order valence-corrected chi connectivity index (χ4v) is 2.59. The molecule has 1 N–H and O–H groups in total. The highest BCUT2D eigenvalue weighted by Crippen LogP contribution is 2.26. The highest BCUT2D eigenvalue weighted by atomic mass is 79.9. The van der Waals surface area contributed by atoms with Gasteiger partial charge in [0.1, 0.15) is 5.52 Å². The summed E-state index contributed by atoms with van der Waals surface area (Å²) in [6, 6.07) is 12.0. The Labute approximate surface area is 127 Å². The monoisotopic (exact) mass is 342 g/mol. The molecule has 0 saturated heterocycles. The average molecular weight is 343 g/mol. The molecule has 0 aliphatic rings. The molecule has 0 amide bonds. The molecule has 0 unspecified atom stereocenters. The molecule has 1 heterocycles. The van der Waals surface area contributed by atoms with Crippen molar-refractivity contribution in [1.82, 2.24) is 15.0 Å². The molecule has 7 heteroatoms. The van der Waals surface area contributed by atoms with Crippen molar-refractivity contribution in [2.45, 2.75) is 0 Å². The number of nitrogens with zero attached hydrogens (tertiary/aromatic N) is 4. The molecule has 21 heavy (non-hydrogen) atoms. The van der Waals surface area contributed by atoms with Crippen molar-refractivity contribution < 1.29 is 9.90 Å². The maximum atomic E-state index is 11.2. The van der Waals surface area contributed by atoms with E-state index in [0.29, 0.717) is 26.8 Å². The molecule has 3 aromatic rings. The van der Waals surface area contributed by atoms with Crippen LogP contribution < -0.4 is 0 Å². The Morgan fingerprint density at radius 1 is 1.33 bits per heavy atom. The maximum absolute atomic E-state index is 11.2. The van der Waals surface area contributed by atoms with Crippen LogP contribution >= 0.6 is 15.9 Å². The molecule has 1 aromatic heterocycles. The minimum absolute atomic E-state index is 0.100. The number of carboxylic acid groups (broad SMARTS) is 1. The molecular formula is C14H7BrN4O2. The third-order valence-corrected chi connectivity index (χ3v) is 3.65. The third kappa shape index (κ3) is 2.15. The predicted molar refractivity (Wildman–Crippen MR) is 78.2 cm³/mol. The number of fused-ring (bicyclic) bond motifs is 1. The van der Waals surface area contributed by atoms with Gasteiger partial charge in [-0.3, -0.25) is 0 Å². The Bertz CT molecular complexity index is 911. The number of carboxylic acids is 1. The molecule has 102 valence electrons. The van der Waals surface area contributed by atoms with Gasteiger partial charge in [-0.1, -0.05) is 11.3 Å². The SMILES string of the molecule is N#Cc1ccc(-n2nnc3c(C(=O)O)cccc32)c(Br)c1. The van der Waals surface area contributed by atoms with Crippen molar-refractivity contribution in [2.75, 3.05) is 0 Å². The van der Waals surface area contributed by atoms with Gasteiger partial charge in [-0.2, -0.15) is 5.26 Å². The summed E-state index contributed by atoms with van der Waals surface area (Å²) in [5.41, 5.74) is 2.20. The summed E-state index contributed by atoms with van der Waals surface area (Å²) >= 11 is 3.39. The molecular weight excluding hydrogens is 336 g/mol. The van der Waals surface area contributed by atoms with Crippen molar-refractivity contribution in [1.29, 1.82) is 5.26 Å². The summed E-state index contributed by atoms with van der Waals surface area (Å²) in [4.78, 5) is 11.2. The minimum Gasteiger partial charge on any atom is -0.478 e. The Kier molecular flexibility index (Phi) is 3.16. The van der Waals surface area contributed by atoms with Crippen LogP contribution in [0.2, 0.25) is 0 Å². The van der Waals surface area contributed by atoms with Crippen LogP contribution in [0.25, 0.3) is 16.7 Å². The van der Waals surface area contributed by atoms with E-state index in [1.165, 1.54) is 10.7 Å². The molecule has 0 fully saturated rings. The summed E-state index contributed by atoms with van der Waals surface area (Å²) in [6.45, 7) is 0. The highest BCUT2D eigenvalue weighted by Gasteiger charge is 2.15. The van der Waals surface area contributed by atoms with Gasteiger partial charge in [-0.15, -0.1) is 5.10 Å². The lowest BCUT2D eigenvalue weighted by Gasteiger charge is -2.05. The van der Waals surface area contributed by atoms with Crippen LogP contribution in [0.15, 0.2) is 40.9 Å². The average Bonchev–Trinajstić information content (AvgIpc) is 2.90. The van der Waals surface area contributed by atoms with Crippen molar-refractivity contribution in [2.24, 2.45) is 0 Å². The van der Waals surface area contributed by atoms with Crippen LogP contribution in [0, 0.1) is 11.3 Å². The van der Waals surface area contributed by atoms with E-state index in [1.54, 1.807) is 30.3 Å². The Morgan fingerprint density at radius 3 is 2.81 bits per heavy atom. The largest absolute Gasteiger partial charge is 0.478 e. The Morgan fingerprint density at radius 2 is 2.14 bits per heavy atom. The second-order valence-electron chi connectivity index (χ2n) is 4.26. The molecule has 6 nitrogen and oxygen atoms in total. The molecule has 0 saturated carbocycles. The van der Waals surface area contributed by atoms with Crippen LogP contribution in [-0.4, -0.2) is 26.1 Å². The lowest BCUT2D eigenvalue weighted by molar-refractivity contribution is 0.0699. The van der Waals surface area contributed by atoms with E-state index in [-0.39, 0.29) is 5.56 Å². The lowest BCUT2D eigenvalue weighted by Crippen LogP contribution is -1.99. The topological polar surface area (TPSA) is 91.8 Å². The van der Waals surface area contributed by atoms with E-state index < -0.39 is 5.97 Å². The van der Waals surface area contributed by atoms with E-state index >= 15 is 0 Å². The molecule has 0 radical (unpaired) electrons. The first-order valence-electron chi connectivity index (χ1n) is 5.89. The van der Waals surface area contributed by atoms with Crippen LogP contribution in [0.4, 0.5) is 0 Å². The number of aromatic nitrogens is 3. The predicted octanol–water partition coefficient (Wildman–Crippen LogP) is 2.75. The number of benzene rings is 2. The summed E-state index contributed by atoms with van der Waals surface area (Å²) < 4.78 is 2.21. The first-order valence-corrected chi connectivity index (χ1v) is 6.69. The first-order chi connectivity index (χ1) is 10.1. The molecule has 0 spiro atoms. The first kappa shape index (κ1) is 13.3. The fourth-order valence-electron chi connectivity index (χ4n) is 2.04. The van der Waals surface area contributed by atoms with E-state index in [9.17, 15) is 4.79 Å². The summed E-state index contributed by atoms with van der Waals surface area (Å²) in [7, 11) is 0. The van der Waals surface area contributed by atoms with Gasteiger partial charge in [0.2, 0.25) is 0 Å². The van der Waals surface area contributed by atoms with Gasteiger partial charge in [0.25, 0.3) is 0 Å². The summed E-state index contributed by atoms with van der Waals surface area (Å²) in [5, 5.41) is 26.0. The standard InChI is InChI=1S/C14H7BrN4O2/c15-10-6-8(7-16)4-5-11(10)19-12-3-1-2-9(14(20)21)13(12)17-18-19/h1-6H,(H,20,21). The lowest BCUT2D eigenvalue weighted by atomic mass is 10.2. The number of carbonyl (C=O) groups is 1. The van der Waals surface area contributed by atoms with Gasteiger partial charge < -0.3 is 5.11 Å². The molecule has 0 bridgehead atoms. The van der Waals surface area contributed by atoms with Gasteiger partial charge >= 0.3 is 5.97 Å². The van der Waals surface area contributed by atoms with E-state index in [2.05, 4.69) is 26.2 Å². The number of aromatic carboxylic acids is 1. The number of rotatable bonds is 2. The van der Waals surface area contributed by atoms with Crippen LogP contribution in [0.5, 0.6) is 0 Å². The smallest absolute Gasteiger partial charge is 0.338 e. The van der Waals surface area contributed by atoms with Crippen molar-refractivity contribution >= 4 is 32.9 Å². The van der Waals surface area contributed by atoms with Gasteiger partial charge in [-0.05, 0) is 46.3 Å². The zero-order valence-electron chi connectivity index (χ0n) is 10.5. The number of nitriles is 1. The van der Waals surface area contributed by atoms with Crippen molar-refractivity contribution in [3.63, 3.8) is 0 Å². The van der Waals surface area contributed by atoms with Crippen LogP contribution in [-0.2, 0) is 0 Å². The maximum Gasteiger partial charge on any atom is 0.338 e.